The molecule has 1 aromatic rings. The van der Waals surface area contributed by atoms with Gasteiger partial charge in [0.05, 0.1) is 11.4 Å². The predicted molar refractivity (Wildman–Crippen MR) is 45.4 cm³/mol. The summed E-state index contributed by atoms with van der Waals surface area (Å²) < 4.78 is 0. The zero-order chi connectivity index (χ0) is 9.42. The Morgan fingerprint density at radius 2 is 1.92 bits per heavy atom. The molecule has 0 aromatic carbocycles. The van der Waals surface area contributed by atoms with E-state index in [0.717, 1.165) is 30.7 Å². The van der Waals surface area contributed by atoms with E-state index in [1.165, 1.54) is 0 Å². The first-order chi connectivity index (χ1) is 6.18. The Kier molecular flexibility index (Phi) is 1.65. The Morgan fingerprint density at radius 3 is 2.54 bits per heavy atom. The van der Waals surface area contributed by atoms with Gasteiger partial charge in [-0.25, -0.2) is 14.8 Å². The lowest BCUT2D eigenvalue weighted by atomic mass is 10.3. The van der Waals surface area contributed by atoms with Gasteiger partial charge >= 0.3 is 5.97 Å². The fraction of sp³-hybridized carbons (Fsp3) is 0.375. The Labute approximate surface area is 74.6 Å². The third-order valence-electron chi connectivity index (χ3n) is 2.11. The molecule has 13 heavy (non-hydrogen) atoms. The van der Waals surface area contributed by atoms with Crippen LogP contribution < -0.4 is 5.73 Å². The molecule has 1 aromatic heterocycles. The Hall–Kier alpha value is -1.65. The highest BCUT2D eigenvalue weighted by atomic mass is 16.4. The molecule has 1 aliphatic rings. The summed E-state index contributed by atoms with van der Waals surface area (Å²) in [4.78, 5) is 18.6. The maximum atomic E-state index is 10.6. The van der Waals surface area contributed by atoms with E-state index in [1.807, 2.05) is 0 Å². The van der Waals surface area contributed by atoms with Gasteiger partial charge in [0, 0.05) is 0 Å². The van der Waals surface area contributed by atoms with Crippen molar-refractivity contribution in [3.8, 4) is 0 Å². The molecule has 1 heterocycles. The summed E-state index contributed by atoms with van der Waals surface area (Å²) in [5.74, 6) is -1.09. The van der Waals surface area contributed by atoms with E-state index in [4.69, 9.17) is 10.8 Å². The van der Waals surface area contributed by atoms with E-state index in [2.05, 4.69) is 9.97 Å². The number of hydrogen-bond donors (Lipinski definition) is 2. The molecule has 0 fully saturated rings. The topological polar surface area (TPSA) is 89.1 Å². The number of anilines is 1. The van der Waals surface area contributed by atoms with E-state index >= 15 is 0 Å². The summed E-state index contributed by atoms with van der Waals surface area (Å²) in [5, 5.41) is 8.71. The number of carboxylic acids is 1. The fourth-order valence-corrected chi connectivity index (χ4v) is 1.50. The molecule has 5 nitrogen and oxygen atoms in total. The van der Waals surface area contributed by atoms with Crippen molar-refractivity contribution in [1.82, 2.24) is 9.97 Å². The maximum absolute atomic E-state index is 10.6. The van der Waals surface area contributed by atoms with Gasteiger partial charge in [-0.1, -0.05) is 0 Å². The number of rotatable bonds is 1. The number of nitrogens with zero attached hydrogens (tertiary/aromatic N) is 2. The van der Waals surface area contributed by atoms with Crippen LogP contribution in [0.4, 0.5) is 5.82 Å². The van der Waals surface area contributed by atoms with Gasteiger partial charge in [0.15, 0.2) is 11.5 Å². The van der Waals surface area contributed by atoms with Gasteiger partial charge in [0.1, 0.15) is 0 Å². The molecule has 0 radical (unpaired) electrons. The Bertz CT molecular complexity index is 376. The minimum Gasteiger partial charge on any atom is -0.476 e. The number of carboxylic acid groups (broad SMARTS) is 1. The van der Waals surface area contributed by atoms with Crippen molar-refractivity contribution < 1.29 is 9.90 Å². The number of aromatic carboxylic acids is 1. The molecule has 0 unspecified atom stereocenters. The predicted octanol–water partition coefficient (Wildman–Crippen LogP) is 0.246. The average molecular weight is 179 g/mol. The van der Waals surface area contributed by atoms with E-state index in [9.17, 15) is 4.79 Å². The molecule has 0 saturated carbocycles. The lowest BCUT2D eigenvalue weighted by molar-refractivity contribution is 0.0691. The number of nitrogens with two attached hydrogens (primary N) is 1. The van der Waals surface area contributed by atoms with E-state index < -0.39 is 5.97 Å². The molecule has 0 amide bonds. The number of aromatic nitrogens is 2. The summed E-state index contributed by atoms with van der Waals surface area (Å²) in [7, 11) is 0. The molecule has 2 rings (SSSR count). The van der Waals surface area contributed by atoms with Gasteiger partial charge < -0.3 is 10.8 Å². The number of aryl methyl sites for hydroxylation is 2. The summed E-state index contributed by atoms with van der Waals surface area (Å²) in [5.41, 5.74) is 6.95. The molecule has 0 atom stereocenters. The molecular formula is C8H9N3O2. The second kappa shape index (κ2) is 2.69. The molecule has 0 saturated heterocycles. The van der Waals surface area contributed by atoms with Gasteiger partial charge in [-0.2, -0.15) is 0 Å². The highest BCUT2D eigenvalue weighted by Crippen LogP contribution is 2.20. The number of carbonyl (C=O) groups is 1. The van der Waals surface area contributed by atoms with E-state index in [0.29, 0.717) is 0 Å². The fourth-order valence-electron chi connectivity index (χ4n) is 1.50. The van der Waals surface area contributed by atoms with Crippen LogP contribution in [0.1, 0.15) is 28.3 Å². The summed E-state index contributed by atoms with van der Waals surface area (Å²) in [6, 6.07) is 0. The van der Waals surface area contributed by atoms with Gasteiger partial charge in [0.25, 0.3) is 0 Å². The highest BCUT2D eigenvalue weighted by Gasteiger charge is 2.19. The lowest BCUT2D eigenvalue weighted by Crippen LogP contribution is -2.10. The lowest BCUT2D eigenvalue weighted by Gasteiger charge is -2.02. The van der Waals surface area contributed by atoms with Crippen LogP contribution in [-0.2, 0) is 12.8 Å². The average Bonchev–Trinajstić information content (AvgIpc) is 2.48. The zero-order valence-corrected chi connectivity index (χ0v) is 6.95. The molecule has 68 valence electrons. The van der Waals surface area contributed by atoms with Crippen LogP contribution in [-0.4, -0.2) is 21.0 Å². The normalized spacial score (nSPS) is 14.2. The molecular weight excluding hydrogens is 170 g/mol. The van der Waals surface area contributed by atoms with Crippen molar-refractivity contribution in [2.24, 2.45) is 0 Å². The van der Waals surface area contributed by atoms with Crippen LogP contribution in [0, 0.1) is 0 Å². The van der Waals surface area contributed by atoms with Crippen molar-refractivity contribution >= 4 is 11.8 Å². The standard InChI is InChI=1S/C8H9N3O2/c9-7-6(8(12)13)10-4-2-1-3-5(4)11-7/h1-3H2,(H2,9,11)(H,12,13). The number of hydrogen-bond acceptors (Lipinski definition) is 4. The third kappa shape index (κ3) is 1.22. The number of nitrogen functional groups attached to an aromatic ring is 1. The first-order valence-electron chi connectivity index (χ1n) is 4.07. The minimum absolute atomic E-state index is 0.0214. The van der Waals surface area contributed by atoms with Crippen molar-refractivity contribution in [1.29, 1.82) is 0 Å². The van der Waals surface area contributed by atoms with Crippen molar-refractivity contribution in [2.75, 3.05) is 5.73 Å². The molecule has 0 spiro atoms. The highest BCUT2D eigenvalue weighted by molar-refractivity contribution is 5.90. The van der Waals surface area contributed by atoms with Crippen molar-refractivity contribution in [3.05, 3.63) is 17.1 Å². The minimum atomic E-state index is -1.11. The van der Waals surface area contributed by atoms with Gasteiger partial charge in [-0.05, 0) is 19.3 Å². The van der Waals surface area contributed by atoms with Crippen molar-refractivity contribution in [3.63, 3.8) is 0 Å². The van der Waals surface area contributed by atoms with Crippen LogP contribution in [0.25, 0.3) is 0 Å². The smallest absolute Gasteiger partial charge is 0.358 e. The first kappa shape index (κ1) is 7.97. The van der Waals surface area contributed by atoms with Crippen molar-refractivity contribution in [2.45, 2.75) is 19.3 Å². The van der Waals surface area contributed by atoms with Crippen LogP contribution in [0.5, 0.6) is 0 Å². The van der Waals surface area contributed by atoms with Crippen LogP contribution in [0.15, 0.2) is 0 Å². The van der Waals surface area contributed by atoms with Gasteiger partial charge in [0.2, 0.25) is 0 Å². The Balaban J connectivity index is 2.55. The second-order valence-corrected chi connectivity index (χ2v) is 3.01. The van der Waals surface area contributed by atoms with Crippen LogP contribution >= 0.6 is 0 Å². The largest absolute Gasteiger partial charge is 0.476 e. The first-order valence-corrected chi connectivity index (χ1v) is 4.07. The summed E-state index contributed by atoms with van der Waals surface area (Å²) >= 11 is 0. The zero-order valence-electron chi connectivity index (χ0n) is 6.95. The van der Waals surface area contributed by atoms with Gasteiger partial charge in [-0.15, -0.1) is 0 Å². The second-order valence-electron chi connectivity index (χ2n) is 3.01. The summed E-state index contributed by atoms with van der Waals surface area (Å²) in [6.45, 7) is 0. The molecule has 3 N–H and O–H groups in total. The molecule has 0 aliphatic heterocycles. The van der Waals surface area contributed by atoms with Crippen LogP contribution in [0.2, 0.25) is 0 Å². The summed E-state index contributed by atoms with van der Waals surface area (Å²) in [6.07, 6.45) is 2.65. The SMILES string of the molecule is Nc1nc2c(nc1C(=O)O)CCC2. The van der Waals surface area contributed by atoms with Crippen LogP contribution in [0.3, 0.4) is 0 Å². The monoisotopic (exact) mass is 179 g/mol. The quantitative estimate of drug-likeness (QED) is 0.644. The Morgan fingerprint density at radius 1 is 1.31 bits per heavy atom. The molecule has 0 bridgehead atoms. The number of fused-ring (bicyclic) bond motifs is 1. The van der Waals surface area contributed by atoms with E-state index in [1.54, 1.807) is 0 Å². The third-order valence-corrected chi connectivity index (χ3v) is 2.11. The molecule has 5 heteroatoms. The molecule has 1 aliphatic carbocycles. The van der Waals surface area contributed by atoms with Gasteiger partial charge in [-0.3, -0.25) is 0 Å². The maximum Gasteiger partial charge on any atom is 0.358 e. The van der Waals surface area contributed by atoms with E-state index in [-0.39, 0.29) is 11.5 Å².